The minimum atomic E-state index is -0.495. The molecule has 1 aliphatic rings. The first-order valence-corrected chi connectivity index (χ1v) is 11.5. The zero-order chi connectivity index (χ0) is 24.4. The third kappa shape index (κ3) is 4.57. The summed E-state index contributed by atoms with van der Waals surface area (Å²) in [4.78, 5) is 31.5. The number of fused-ring (bicyclic) bond motifs is 1. The molecular weight excluding hydrogens is 440 g/mol. The van der Waals surface area contributed by atoms with Crippen LogP contribution in [0.1, 0.15) is 44.8 Å². The molecule has 0 unspecified atom stereocenters. The van der Waals surface area contributed by atoms with E-state index >= 15 is 0 Å². The van der Waals surface area contributed by atoms with Gasteiger partial charge in [-0.3, -0.25) is 9.59 Å². The highest BCUT2D eigenvalue weighted by Gasteiger charge is 2.19. The predicted molar refractivity (Wildman–Crippen MR) is 134 cm³/mol. The first-order valence-electron chi connectivity index (χ1n) is 11.5. The van der Waals surface area contributed by atoms with E-state index in [1.54, 1.807) is 30.5 Å². The summed E-state index contributed by atoms with van der Waals surface area (Å²) in [6, 6.07) is 20.1. The molecule has 2 amide bonds. The summed E-state index contributed by atoms with van der Waals surface area (Å²) in [5, 5.41) is 13.2. The van der Waals surface area contributed by atoms with Crippen molar-refractivity contribution in [3.05, 3.63) is 89.2 Å². The van der Waals surface area contributed by atoms with Gasteiger partial charge in [0.05, 0.1) is 17.1 Å². The highest BCUT2D eigenvalue weighted by Crippen LogP contribution is 2.25. The van der Waals surface area contributed by atoms with Gasteiger partial charge >= 0.3 is 0 Å². The van der Waals surface area contributed by atoms with Crippen LogP contribution in [0.2, 0.25) is 0 Å². The van der Waals surface area contributed by atoms with Crippen LogP contribution in [-0.4, -0.2) is 34.5 Å². The highest BCUT2D eigenvalue weighted by atomic mass is 16.2. The Balaban J connectivity index is 1.49. The standard InChI is InChI=1S/C27H24N6O2/c28-16-19-5-8-21-14-24(27(35)31-25-15-22(9-10-30-25)32-11-1-2-12-32)33(23(21)13-19)17-18-3-6-20(7-4-18)26(29)34/h3-10,13-15H,1-2,11-12,17H2,(H2,29,34)(H,30,31,35). The van der Waals surface area contributed by atoms with Gasteiger partial charge in [-0.05, 0) is 54.8 Å². The Kier molecular flexibility index (Phi) is 5.90. The lowest BCUT2D eigenvalue weighted by molar-refractivity contribution is 0.0996. The number of nitrogens with two attached hydrogens (primary N) is 1. The van der Waals surface area contributed by atoms with E-state index < -0.39 is 5.91 Å². The molecule has 0 bridgehead atoms. The molecule has 0 atom stereocenters. The lowest BCUT2D eigenvalue weighted by Gasteiger charge is -2.18. The van der Waals surface area contributed by atoms with Crippen molar-refractivity contribution in [1.82, 2.24) is 9.55 Å². The molecule has 174 valence electrons. The summed E-state index contributed by atoms with van der Waals surface area (Å²) >= 11 is 0. The fraction of sp³-hybridized carbons (Fsp3) is 0.185. The van der Waals surface area contributed by atoms with Crippen LogP contribution in [0, 0.1) is 11.3 Å². The maximum atomic E-state index is 13.4. The first-order chi connectivity index (χ1) is 17.0. The molecule has 0 radical (unpaired) electrons. The van der Waals surface area contributed by atoms with Crippen molar-refractivity contribution in [3.8, 4) is 6.07 Å². The molecule has 1 aliphatic heterocycles. The Morgan fingerprint density at radius 1 is 1.03 bits per heavy atom. The molecule has 8 nitrogen and oxygen atoms in total. The van der Waals surface area contributed by atoms with E-state index in [0.717, 1.165) is 48.1 Å². The summed E-state index contributed by atoms with van der Waals surface area (Å²) in [6.45, 7) is 2.38. The average molecular weight is 465 g/mol. The molecule has 1 saturated heterocycles. The molecule has 1 fully saturated rings. The van der Waals surface area contributed by atoms with Gasteiger partial charge in [-0.2, -0.15) is 5.26 Å². The van der Waals surface area contributed by atoms with E-state index in [0.29, 0.717) is 29.2 Å². The van der Waals surface area contributed by atoms with E-state index in [4.69, 9.17) is 5.73 Å². The second-order valence-corrected chi connectivity index (χ2v) is 8.61. The van der Waals surface area contributed by atoms with Crippen LogP contribution in [0.15, 0.2) is 66.9 Å². The topological polar surface area (TPSA) is 117 Å². The van der Waals surface area contributed by atoms with Gasteiger partial charge in [-0.15, -0.1) is 0 Å². The van der Waals surface area contributed by atoms with Crippen molar-refractivity contribution < 1.29 is 9.59 Å². The Bertz CT molecular complexity index is 1460. The number of rotatable bonds is 6. The lowest BCUT2D eigenvalue weighted by Crippen LogP contribution is -2.20. The minimum absolute atomic E-state index is 0.292. The average Bonchev–Trinajstić information content (AvgIpc) is 3.53. The number of benzene rings is 2. The van der Waals surface area contributed by atoms with E-state index in [-0.39, 0.29) is 5.91 Å². The molecule has 4 aromatic rings. The number of carbonyl (C=O) groups is 2. The van der Waals surface area contributed by atoms with Crippen LogP contribution >= 0.6 is 0 Å². The molecule has 0 aliphatic carbocycles. The van der Waals surface area contributed by atoms with Gasteiger partial charge in [0, 0.05) is 48.5 Å². The van der Waals surface area contributed by atoms with Crippen molar-refractivity contribution >= 4 is 34.2 Å². The number of carbonyl (C=O) groups excluding carboxylic acids is 2. The fourth-order valence-electron chi connectivity index (χ4n) is 4.48. The normalized spacial score (nSPS) is 13.1. The summed E-state index contributed by atoms with van der Waals surface area (Å²) in [5.41, 5.74) is 9.43. The molecule has 8 heteroatoms. The molecular formula is C27H24N6O2. The lowest BCUT2D eigenvalue weighted by atomic mass is 10.1. The summed E-state index contributed by atoms with van der Waals surface area (Å²) in [6.07, 6.45) is 4.03. The van der Waals surface area contributed by atoms with Crippen LogP contribution in [0.3, 0.4) is 0 Å². The van der Waals surface area contributed by atoms with Crippen LogP contribution in [0.5, 0.6) is 0 Å². The highest BCUT2D eigenvalue weighted by molar-refractivity contribution is 6.06. The molecule has 2 aromatic heterocycles. The SMILES string of the molecule is N#Cc1ccc2cc(C(=O)Nc3cc(N4CCCC4)ccn3)n(Cc3ccc(C(N)=O)cc3)c2c1. The van der Waals surface area contributed by atoms with Gasteiger partial charge in [0.2, 0.25) is 5.91 Å². The number of primary amides is 1. The van der Waals surface area contributed by atoms with Gasteiger partial charge in [-0.25, -0.2) is 4.98 Å². The van der Waals surface area contributed by atoms with E-state index in [2.05, 4.69) is 21.3 Å². The quantitative estimate of drug-likeness (QED) is 0.449. The molecule has 0 spiro atoms. The number of nitrogens with one attached hydrogen (secondary N) is 1. The zero-order valence-electron chi connectivity index (χ0n) is 19.1. The Labute approximate surface area is 202 Å². The Morgan fingerprint density at radius 2 is 1.80 bits per heavy atom. The van der Waals surface area contributed by atoms with Gasteiger partial charge in [0.15, 0.2) is 0 Å². The monoisotopic (exact) mass is 464 g/mol. The van der Waals surface area contributed by atoms with Gasteiger partial charge < -0.3 is 20.5 Å². The molecule has 2 aromatic carbocycles. The van der Waals surface area contributed by atoms with E-state index in [1.165, 1.54) is 0 Å². The second kappa shape index (κ2) is 9.31. The van der Waals surface area contributed by atoms with E-state index in [1.807, 2.05) is 41.0 Å². The third-order valence-corrected chi connectivity index (χ3v) is 6.30. The van der Waals surface area contributed by atoms with Crippen molar-refractivity contribution in [2.45, 2.75) is 19.4 Å². The molecule has 3 N–H and O–H groups in total. The minimum Gasteiger partial charge on any atom is -0.371 e. The molecule has 0 saturated carbocycles. The summed E-state index contributed by atoms with van der Waals surface area (Å²) in [7, 11) is 0. The maximum absolute atomic E-state index is 13.4. The van der Waals surface area contributed by atoms with Crippen LogP contribution in [-0.2, 0) is 6.54 Å². The number of anilines is 2. The van der Waals surface area contributed by atoms with Gasteiger partial charge in [-0.1, -0.05) is 18.2 Å². The van der Waals surface area contributed by atoms with Crippen LogP contribution in [0.25, 0.3) is 10.9 Å². The Morgan fingerprint density at radius 3 is 2.51 bits per heavy atom. The Hall–Kier alpha value is -4.64. The predicted octanol–water partition coefficient (Wildman–Crippen LogP) is 3.91. The number of aromatic nitrogens is 2. The van der Waals surface area contributed by atoms with Gasteiger partial charge in [0.25, 0.3) is 5.91 Å². The number of nitrogens with zero attached hydrogens (tertiary/aromatic N) is 4. The van der Waals surface area contributed by atoms with Crippen molar-refractivity contribution in [1.29, 1.82) is 5.26 Å². The van der Waals surface area contributed by atoms with Gasteiger partial charge in [0.1, 0.15) is 11.5 Å². The third-order valence-electron chi connectivity index (χ3n) is 6.30. The zero-order valence-corrected chi connectivity index (χ0v) is 19.1. The summed E-state index contributed by atoms with van der Waals surface area (Å²) in [5.74, 6) is -0.301. The number of pyridine rings is 1. The number of nitriles is 1. The van der Waals surface area contributed by atoms with Crippen molar-refractivity contribution in [2.75, 3.05) is 23.3 Å². The largest absolute Gasteiger partial charge is 0.371 e. The van der Waals surface area contributed by atoms with Crippen molar-refractivity contribution in [2.24, 2.45) is 5.73 Å². The summed E-state index contributed by atoms with van der Waals surface area (Å²) < 4.78 is 1.87. The molecule has 5 rings (SSSR count). The first kappa shape index (κ1) is 22.2. The smallest absolute Gasteiger partial charge is 0.273 e. The maximum Gasteiger partial charge on any atom is 0.273 e. The van der Waals surface area contributed by atoms with Crippen LogP contribution < -0.4 is 16.0 Å². The number of amides is 2. The molecule has 35 heavy (non-hydrogen) atoms. The van der Waals surface area contributed by atoms with Crippen LogP contribution in [0.4, 0.5) is 11.5 Å². The number of hydrogen-bond donors (Lipinski definition) is 2. The van der Waals surface area contributed by atoms with E-state index in [9.17, 15) is 14.9 Å². The second-order valence-electron chi connectivity index (χ2n) is 8.61. The van der Waals surface area contributed by atoms with Crippen molar-refractivity contribution in [3.63, 3.8) is 0 Å². The number of hydrogen-bond acceptors (Lipinski definition) is 5. The molecule has 3 heterocycles. The fourth-order valence-corrected chi connectivity index (χ4v) is 4.48.